The summed E-state index contributed by atoms with van der Waals surface area (Å²) in [6.07, 6.45) is 0. The van der Waals surface area contributed by atoms with Gasteiger partial charge in [-0.1, -0.05) is 41.9 Å². The maximum Gasteiger partial charge on any atom is 0.183 e. The molecule has 4 N–H and O–H groups in total. The van der Waals surface area contributed by atoms with Gasteiger partial charge in [0.25, 0.3) is 0 Å². The number of sulfone groups is 1. The molecule has 0 aromatic heterocycles. The molecule has 1 aliphatic carbocycles. The van der Waals surface area contributed by atoms with Crippen LogP contribution in [0.25, 0.3) is 0 Å². The number of rotatable bonds is 4. The topological polar surface area (TPSA) is 86.2 Å². The van der Waals surface area contributed by atoms with E-state index < -0.39 is 20.6 Å². The van der Waals surface area contributed by atoms with Crippen molar-refractivity contribution in [3.8, 4) is 0 Å². The molecule has 0 unspecified atom stereocenters. The molecule has 116 valence electrons. The fourth-order valence-electron chi connectivity index (χ4n) is 3.08. The van der Waals surface area contributed by atoms with Gasteiger partial charge in [0.15, 0.2) is 9.84 Å². The first kappa shape index (κ1) is 15.5. The molecular weight excluding hydrogens is 320 g/mol. The van der Waals surface area contributed by atoms with Crippen molar-refractivity contribution in [2.45, 2.75) is 21.6 Å². The normalized spacial score (nSPS) is 27.6. The number of benzene rings is 2. The lowest BCUT2D eigenvalue weighted by Gasteiger charge is -2.09. The molecule has 3 atom stereocenters. The highest BCUT2D eigenvalue weighted by molar-refractivity contribution is 7.92. The predicted molar refractivity (Wildman–Crippen MR) is 87.6 cm³/mol. The zero-order valence-corrected chi connectivity index (χ0v) is 13.4. The van der Waals surface area contributed by atoms with Gasteiger partial charge in [-0.05, 0) is 29.8 Å². The van der Waals surface area contributed by atoms with Crippen LogP contribution in [-0.2, 0) is 9.84 Å². The Hall–Kier alpha value is -1.40. The van der Waals surface area contributed by atoms with Crippen molar-refractivity contribution in [1.82, 2.24) is 0 Å². The van der Waals surface area contributed by atoms with E-state index in [0.717, 1.165) is 5.56 Å². The van der Waals surface area contributed by atoms with Gasteiger partial charge >= 0.3 is 0 Å². The molecule has 1 aliphatic rings. The summed E-state index contributed by atoms with van der Waals surface area (Å²) in [6.45, 7) is 0.0981. The van der Waals surface area contributed by atoms with Gasteiger partial charge in [0.05, 0.1) is 15.7 Å². The van der Waals surface area contributed by atoms with E-state index in [1.54, 1.807) is 48.5 Å². The number of hydrogen-bond acceptors (Lipinski definition) is 4. The monoisotopic (exact) mass is 336 g/mol. The summed E-state index contributed by atoms with van der Waals surface area (Å²) >= 11 is 6.01. The lowest BCUT2D eigenvalue weighted by atomic mass is 10.1. The van der Waals surface area contributed by atoms with Gasteiger partial charge in [-0.3, -0.25) is 0 Å². The summed E-state index contributed by atoms with van der Waals surface area (Å²) in [4.78, 5) is 0.271. The number of nitrogens with two attached hydrogens (primary N) is 2. The first-order valence-electron chi connectivity index (χ1n) is 6.94. The Kier molecular flexibility index (Phi) is 3.77. The predicted octanol–water partition coefficient (Wildman–Crippen LogP) is 1.94. The zero-order chi connectivity index (χ0) is 16.0. The van der Waals surface area contributed by atoms with E-state index in [1.165, 1.54) is 0 Å². The number of halogens is 1. The van der Waals surface area contributed by atoms with Gasteiger partial charge in [-0.15, -0.1) is 0 Å². The van der Waals surface area contributed by atoms with Crippen LogP contribution in [0, 0.1) is 0 Å². The summed E-state index contributed by atoms with van der Waals surface area (Å²) in [7, 11) is -3.54. The Bertz CT molecular complexity index is 795. The van der Waals surface area contributed by atoms with Crippen molar-refractivity contribution in [2.75, 3.05) is 6.54 Å². The molecule has 2 aromatic carbocycles. The molecule has 0 heterocycles. The highest BCUT2D eigenvalue weighted by atomic mass is 35.5. The molecule has 1 fully saturated rings. The van der Waals surface area contributed by atoms with Gasteiger partial charge in [0.1, 0.15) is 0 Å². The van der Waals surface area contributed by atoms with E-state index >= 15 is 0 Å². The molecule has 4 nitrogen and oxygen atoms in total. The van der Waals surface area contributed by atoms with Gasteiger partial charge in [-0.25, -0.2) is 8.42 Å². The van der Waals surface area contributed by atoms with E-state index in [9.17, 15) is 8.42 Å². The molecule has 22 heavy (non-hydrogen) atoms. The van der Waals surface area contributed by atoms with Gasteiger partial charge < -0.3 is 11.5 Å². The third kappa shape index (κ3) is 2.34. The maximum atomic E-state index is 12.9. The molecule has 0 saturated heterocycles. The summed E-state index contributed by atoms with van der Waals surface area (Å²) in [5.74, 6) is -0.346. The SMILES string of the molecule is NC[C@@]1(N)[C@@H](c2cccc(Cl)c2)[C@@H]1S(=O)(=O)c1ccccc1. The summed E-state index contributed by atoms with van der Waals surface area (Å²) in [5.41, 5.74) is 11.9. The maximum absolute atomic E-state index is 12.9. The second kappa shape index (κ2) is 5.35. The highest BCUT2D eigenvalue weighted by Gasteiger charge is 2.68. The fourth-order valence-corrected chi connectivity index (χ4v) is 5.62. The summed E-state index contributed by atoms with van der Waals surface area (Å²) < 4.78 is 25.7. The Balaban J connectivity index is 2.04. The molecule has 0 radical (unpaired) electrons. The van der Waals surface area contributed by atoms with Crippen LogP contribution in [0.5, 0.6) is 0 Å². The van der Waals surface area contributed by atoms with E-state index in [-0.39, 0.29) is 17.4 Å². The second-order valence-corrected chi connectivity index (χ2v) is 8.13. The molecule has 3 rings (SSSR count). The average Bonchev–Trinajstić information content (AvgIpc) is 3.16. The number of hydrogen-bond donors (Lipinski definition) is 2. The smallest absolute Gasteiger partial charge is 0.183 e. The lowest BCUT2D eigenvalue weighted by molar-refractivity contribution is 0.586. The van der Waals surface area contributed by atoms with Crippen molar-refractivity contribution < 1.29 is 8.42 Å². The summed E-state index contributed by atoms with van der Waals surface area (Å²) in [5, 5.41) is -0.175. The Morgan fingerprint density at radius 1 is 1.09 bits per heavy atom. The Morgan fingerprint density at radius 3 is 2.36 bits per heavy atom. The molecular formula is C16H17ClN2O2S. The molecule has 2 aromatic rings. The van der Waals surface area contributed by atoms with Crippen molar-refractivity contribution >= 4 is 21.4 Å². The standard InChI is InChI=1S/C16H17ClN2O2S/c17-12-6-4-5-11(9-12)14-15(16(14,19)10-18)22(20,21)13-7-2-1-3-8-13/h1-9,14-15H,10,18-19H2/t14-,15-,16+/m0/s1. The zero-order valence-electron chi connectivity index (χ0n) is 11.8. The third-order valence-electron chi connectivity index (χ3n) is 4.27. The van der Waals surface area contributed by atoms with Gasteiger partial charge in [-0.2, -0.15) is 0 Å². The average molecular weight is 337 g/mol. The van der Waals surface area contributed by atoms with Crippen molar-refractivity contribution in [1.29, 1.82) is 0 Å². The van der Waals surface area contributed by atoms with Crippen LogP contribution >= 0.6 is 11.6 Å². The molecule has 1 saturated carbocycles. The molecule has 6 heteroatoms. The van der Waals surface area contributed by atoms with Crippen molar-refractivity contribution in [3.05, 3.63) is 65.2 Å². The van der Waals surface area contributed by atoms with Crippen LogP contribution in [-0.4, -0.2) is 25.8 Å². The van der Waals surface area contributed by atoms with Crippen molar-refractivity contribution in [3.63, 3.8) is 0 Å². The van der Waals surface area contributed by atoms with Crippen LogP contribution in [0.4, 0.5) is 0 Å². The molecule has 0 amide bonds. The highest BCUT2D eigenvalue weighted by Crippen LogP contribution is 2.55. The molecule has 0 aliphatic heterocycles. The molecule has 0 bridgehead atoms. The first-order valence-corrected chi connectivity index (χ1v) is 8.87. The van der Waals surface area contributed by atoms with Gasteiger partial charge in [0, 0.05) is 17.5 Å². The minimum atomic E-state index is -3.54. The van der Waals surface area contributed by atoms with Crippen LogP contribution in [0.15, 0.2) is 59.5 Å². The second-order valence-electron chi connectivity index (χ2n) is 5.63. The van der Waals surface area contributed by atoms with Gasteiger partial charge in [0.2, 0.25) is 0 Å². The third-order valence-corrected chi connectivity index (χ3v) is 6.81. The minimum Gasteiger partial charge on any atom is -0.329 e. The van der Waals surface area contributed by atoms with Crippen LogP contribution in [0.2, 0.25) is 5.02 Å². The van der Waals surface area contributed by atoms with E-state index in [2.05, 4.69) is 0 Å². The largest absolute Gasteiger partial charge is 0.329 e. The minimum absolute atomic E-state index is 0.0981. The summed E-state index contributed by atoms with van der Waals surface area (Å²) in [6, 6.07) is 15.5. The first-order chi connectivity index (χ1) is 10.4. The van der Waals surface area contributed by atoms with Crippen LogP contribution in [0.3, 0.4) is 0 Å². The Labute approximate surface area is 135 Å². The van der Waals surface area contributed by atoms with Crippen molar-refractivity contribution in [2.24, 2.45) is 11.5 Å². The van der Waals surface area contributed by atoms with Crippen LogP contribution < -0.4 is 11.5 Å². The van der Waals surface area contributed by atoms with Crippen LogP contribution in [0.1, 0.15) is 11.5 Å². The van der Waals surface area contributed by atoms with E-state index in [1.807, 2.05) is 6.07 Å². The Morgan fingerprint density at radius 2 is 1.77 bits per heavy atom. The quantitative estimate of drug-likeness (QED) is 0.893. The van der Waals surface area contributed by atoms with E-state index in [4.69, 9.17) is 23.1 Å². The lowest BCUT2D eigenvalue weighted by Crippen LogP contribution is -2.39. The molecule has 0 spiro atoms. The van der Waals surface area contributed by atoms with E-state index in [0.29, 0.717) is 5.02 Å². The fraction of sp³-hybridized carbons (Fsp3) is 0.250.